The van der Waals surface area contributed by atoms with Crippen molar-refractivity contribution in [2.24, 2.45) is 0 Å². The first kappa shape index (κ1) is 18.3. The van der Waals surface area contributed by atoms with Crippen molar-refractivity contribution < 1.29 is 13.2 Å². The van der Waals surface area contributed by atoms with Gasteiger partial charge in [-0.3, -0.25) is 4.79 Å². The maximum absolute atomic E-state index is 11.8. The van der Waals surface area contributed by atoms with Crippen molar-refractivity contribution in [3.63, 3.8) is 0 Å². The summed E-state index contributed by atoms with van der Waals surface area (Å²) in [5.74, 6) is -0.130. The largest absolute Gasteiger partial charge is 0.325 e. The van der Waals surface area contributed by atoms with Crippen LogP contribution in [0.2, 0.25) is 5.02 Å². The molecule has 118 valence electrons. The van der Waals surface area contributed by atoms with Crippen molar-refractivity contribution in [1.82, 2.24) is 0 Å². The van der Waals surface area contributed by atoms with Crippen LogP contribution in [0.1, 0.15) is 45.4 Å². The normalized spacial score (nSPS) is 11.4. The molecule has 1 aromatic rings. The SMILES string of the molecule is CCCCCCCC(=O)Nc1ccc(S(=O)(=O)Cl)cc1Cl. The van der Waals surface area contributed by atoms with Crippen molar-refractivity contribution in [3.05, 3.63) is 23.2 Å². The quantitative estimate of drug-likeness (QED) is 0.551. The molecule has 1 amide bonds. The van der Waals surface area contributed by atoms with Crippen molar-refractivity contribution >= 4 is 42.9 Å². The highest BCUT2D eigenvalue weighted by atomic mass is 35.7. The Morgan fingerprint density at radius 3 is 2.43 bits per heavy atom. The lowest BCUT2D eigenvalue weighted by atomic mass is 10.1. The van der Waals surface area contributed by atoms with Gasteiger partial charge in [-0.2, -0.15) is 0 Å². The zero-order chi connectivity index (χ0) is 15.9. The lowest BCUT2D eigenvalue weighted by molar-refractivity contribution is -0.116. The van der Waals surface area contributed by atoms with Gasteiger partial charge in [0.05, 0.1) is 15.6 Å². The summed E-state index contributed by atoms with van der Waals surface area (Å²) in [6.45, 7) is 2.14. The molecule has 4 nitrogen and oxygen atoms in total. The van der Waals surface area contributed by atoms with Crippen molar-refractivity contribution in [2.45, 2.75) is 50.3 Å². The Bertz CT molecular complexity index is 588. The molecule has 0 radical (unpaired) electrons. The van der Waals surface area contributed by atoms with E-state index >= 15 is 0 Å². The second-order valence-electron chi connectivity index (χ2n) is 4.79. The fourth-order valence-corrected chi connectivity index (χ4v) is 2.92. The first-order valence-electron chi connectivity index (χ1n) is 6.88. The molecular formula is C14H19Cl2NO3S. The Morgan fingerprint density at radius 1 is 1.19 bits per heavy atom. The van der Waals surface area contributed by atoms with E-state index in [1.54, 1.807) is 0 Å². The molecule has 0 saturated heterocycles. The number of nitrogens with one attached hydrogen (secondary N) is 1. The Labute approximate surface area is 135 Å². The molecule has 0 aliphatic rings. The zero-order valence-electron chi connectivity index (χ0n) is 11.9. The Hall–Kier alpha value is -0.780. The van der Waals surface area contributed by atoms with Crippen LogP contribution in [-0.4, -0.2) is 14.3 Å². The number of rotatable bonds is 8. The zero-order valence-corrected chi connectivity index (χ0v) is 14.2. The number of hydrogen-bond donors (Lipinski definition) is 1. The highest BCUT2D eigenvalue weighted by Gasteiger charge is 2.13. The number of anilines is 1. The third-order valence-electron chi connectivity index (χ3n) is 3.00. The fraction of sp³-hybridized carbons (Fsp3) is 0.500. The van der Waals surface area contributed by atoms with Gasteiger partial charge >= 0.3 is 0 Å². The van der Waals surface area contributed by atoms with Crippen LogP contribution in [0.3, 0.4) is 0 Å². The molecule has 0 unspecified atom stereocenters. The Morgan fingerprint density at radius 2 is 1.86 bits per heavy atom. The molecule has 0 spiro atoms. The molecule has 0 aromatic heterocycles. The molecule has 1 rings (SSSR count). The maximum atomic E-state index is 11.8. The molecule has 0 aliphatic heterocycles. The summed E-state index contributed by atoms with van der Waals surface area (Å²) in [5, 5.41) is 2.82. The Kier molecular flexibility index (Phi) is 7.49. The summed E-state index contributed by atoms with van der Waals surface area (Å²) in [4.78, 5) is 11.7. The fourth-order valence-electron chi connectivity index (χ4n) is 1.85. The first-order valence-corrected chi connectivity index (χ1v) is 9.57. The molecule has 0 atom stereocenters. The Balaban J connectivity index is 2.53. The van der Waals surface area contributed by atoms with Crippen LogP contribution in [0, 0.1) is 0 Å². The van der Waals surface area contributed by atoms with E-state index in [-0.39, 0.29) is 15.8 Å². The summed E-state index contributed by atoms with van der Waals surface area (Å²) in [6.07, 6.45) is 5.76. The van der Waals surface area contributed by atoms with E-state index in [4.69, 9.17) is 22.3 Å². The molecule has 1 N–H and O–H groups in total. The van der Waals surface area contributed by atoms with Crippen LogP contribution in [0.15, 0.2) is 23.1 Å². The topological polar surface area (TPSA) is 63.2 Å². The van der Waals surface area contributed by atoms with Crippen LogP contribution in [0.25, 0.3) is 0 Å². The van der Waals surface area contributed by atoms with Gasteiger partial charge in [0.2, 0.25) is 5.91 Å². The van der Waals surface area contributed by atoms with E-state index < -0.39 is 9.05 Å². The van der Waals surface area contributed by atoms with E-state index in [9.17, 15) is 13.2 Å². The molecule has 0 saturated carbocycles. The van der Waals surface area contributed by atoms with E-state index in [1.807, 2.05) is 0 Å². The standard InChI is InChI=1S/C14H19Cl2NO3S/c1-2-3-4-5-6-7-14(18)17-13-9-8-11(10-12(13)15)21(16,19)20/h8-10H,2-7H2,1H3,(H,17,18). The summed E-state index contributed by atoms with van der Waals surface area (Å²) < 4.78 is 22.3. The van der Waals surface area contributed by atoms with Crippen LogP contribution < -0.4 is 5.32 Å². The summed E-state index contributed by atoms with van der Waals surface area (Å²) in [5.41, 5.74) is 0.388. The van der Waals surface area contributed by atoms with Gasteiger partial charge in [0.1, 0.15) is 0 Å². The average Bonchev–Trinajstić information content (AvgIpc) is 2.39. The van der Waals surface area contributed by atoms with Gasteiger partial charge < -0.3 is 5.32 Å². The summed E-state index contributed by atoms with van der Waals surface area (Å²) in [7, 11) is 1.41. The smallest absolute Gasteiger partial charge is 0.261 e. The van der Waals surface area contributed by atoms with E-state index in [2.05, 4.69) is 12.2 Å². The summed E-state index contributed by atoms with van der Waals surface area (Å²) >= 11 is 5.94. The van der Waals surface area contributed by atoms with Crippen molar-refractivity contribution in [1.29, 1.82) is 0 Å². The third-order valence-corrected chi connectivity index (χ3v) is 4.67. The maximum Gasteiger partial charge on any atom is 0.261 e. The molecule has 21 heavy (non-hydrogen) atoms. The number of carbonyl (C=O) groups is 1. The van der Waals surface area contributed by atoms with Gasteiger partial charge in [-0.1, -0.05) is 44.2 Å². The van der Waals surface area contributed by atoms with E-state index in [0.29, 0.717) is 12.1 Å². The molecule has 0 fully saturated rings. The van der Waals surface area contributed by atoms with Crippen molar-refractivity contribution in [3.8, 4) is 0 Å². The van der Waals surface area contributed by atoms with Crippen LogP contribution in [-0.2, 0) is 13.8 Å². The van der Waals surface area contributed by atoms with Gasteiger partial charge in [0.25, 0.3) is 9.05 Å². The van der Waals surface area contributed by atoms with Gasteiger partial charge in [0.15, 0.2) is 0 Å². The molecular weight excluding hydrogens is 333 g/mol. The number of benzene rings is 1. The highest BCUT2D eigenvalue weighted by Crippen LogP contribution is 2.27. The number of halogens is 2. The van der Waals surface area contributed by atoms with Crippen LogP contribution >= 0.6 is 22.3 Å². The van der Waals surface area contributed by atoms with Crippen LogP contribution in [0.5, 0.6) is 0 Å². The number of amides is 1. The number of hydrogen-bond acceptors (Lipinski definition) is 3. The minimum Gasteiger partial charge on any atom is -0.325 e. The number of unbranched alkanes of at least 4 members (excludes halogenated alkanes) is 4. The average molecular weight is 352 g/mol. The molecule has 7 heteroatoms. The minimum absolute atomic E-state index is 0.0910. The predicted octanol–water partition coefficient (Wildman–Crippen LogP) is 4.57. The summed E-state index contributed by atoms with van der Waals surface area (Å²) in [6, 6.07) is 3.97. The highest BCUT2D eigenvalue weighted by molar-refractivity contribution is 8.13. The second kappa shape index (κ2) is 8.61. The lowest BCUT2D eigenvalue weighted by Gasteiger charge is -2.08. The lowest BCUT2D eigenvalue weighted by Crippen LogP contribution is -2.11. The monoisotopic (exact) mass is 351 g/mol. The minimum atomic E-state index is -3.82. The predicted molar refractivity (Wildman–Crippen MR) is 86.5 cm³/mol. The third kappa shape index (κ3) is 6.68. The molecule has 0 bridgehead atoms. The number of carbonyl (C=O) groups excluding carboxylic acids is 1. The van der Waals surface area contributed by atoms with E-state index in [1.165, 1.54) is 24.6 Å². The van der Waals surface area contributed by atoms with Crippen molar-refractivity contribution in [2.75, 3.05) is 5.32 Å². The van der Waals surface area contributed by atoms with Gasteiger partial charge in [-0.15, -0.1) is 0 Å². The molecule has 1 aromatic carbocycles. The van der Waals surface area contributed by atoms with Gasteiger partial charge in [-0.25, -0.2) is 8.42 Å². The van der Waals surface area contributed by atoms with Gasteiger partial charge in [0, 0.05) is 17.1 Å². The van der Waals surface area contributed by atoms with E-state index in [0.717, 1.165) is 25.7 Å². The second-order valence-corrected chi connectivity index (χ2v) is 7.77. The first-order chi connectivity index (χ1) is 9.84. The van der Waals surface area contributed by atoms with Crippen LogP contribution in [0.4, 0.5) is 5.69 Å². The molecule has 0 aliphatic carbocycles. The van der Waals surface area contributed by atoms with Gasteiger partial charge in [-0.05, 0) is 24.6 Å². The molecule has 0 heterocycles.